The van der Waals surface area contributed by atoms with Gasteiger partial charge in [-0.1, -0.05) is 44.2 Å². The zero-order valence-electron chi connectivity index (χ0n) is 16.5. The average Bonchev–Trinajstić information content (AvgIpc) is 2.92. The van der Waals surface area contributed by atoms with Crippen molar-refractivity contribution in [3.05, 3.63) is 77.8 Å². The molecular weight excluding hydrogens is 366 g/mol. The van der Waals surface area contributed by atoms with Gasteiger partial charge in [0.25, 0.3) is 0 Å². The SMILES string of the molecule is CN1/C(=C\C(=O)COC(=O)c2cnc3ccccc3n2)C(C)(C)c2ccccc21. The van der Waals surface area contributed by atoms with Crippen LogP contribution in [0, 0.1) is 0 Å². The molecule has 1 aliphatic rings. The first kappa shape index (κ1) is 18.8. The van der Waals surface area contributed by atoms with Crippen molar-refractivity contribution in [3.63, 3.8) is 0 Å². The topological polar surface area (TPSA) is 72.4 Å². The van der Waals surface area contributed by atoms with E-state index >= 15 is 0 Å². The molecule has 0 atom stereocenters. The summed E-state index contributed by atoms with van der Waals surface area (Å²) in [6.07, 6.45) is 2.91. The molecule has 29 heavy (non-hydrogen) atoms. The highest BCUT2D eigenvalue weighted by Gasteiger charge is 2.38. The van der Waals surface area contributed by atoms with Gasteiger partial charge in [-0.15, -0.1) is 0 Å². The molecule has 0 N–H and O–H groups in total. The number of rotatable bonds is 4. The van der Waals surface area contributed by atoms with Crippen molar-refractivity contribution in [1.29, 1.82) is 0 Å². The van der Waals surface area contributed by atoms with Crippen LogP contribution in [0.2, 0.25) is 0 Å². The fourth-order valence-electron chi connectivity index (χ4n) is 3.72. The summed E-state index contributed by atoms with van der Waals surface area (Å²) in [6.45, 7) is 3.80. The number of hydrogen-bond acceptors (Lipinski definition) is 6. The van der Waals surface area contributed by atoms with E-state index in [2.05, 4.69) is 29.9 Å². The second kappa shape index (κ2) is 7.13. The molecular formula is C23H21N3O3. The molecule has 6 heteroatoms. The second-order valence-corrected chi connectivity index (χ2v) is 7.52. The molecule has 0 aliphatic carbocycles. The number of para-hydroxylation sites is 3. The average molecular weight is 387 g/mol. The van der Waals surface area contributed by atoms with Crippen LogP contribution in [0.15, 0.2) is 66.5 Å². The lowest BCUT2D eigenvalue weighted by molar-refractivity contribution is -0.117. The molecule has 0 unspecified atom stereocenters. The monoisotopic (exact) mass is 387 g/mol. The number of carbonyl (C=O) groups excluding carboxylic acids is 2. The van der Waals surface area contributed by atoms with E-state index in [4.69, 9.17) is 4.74 Å². The first-order valence-electron chi connectivity index (χ1n) is 9.35. The van der Waals surface area contributed by atoms with E-state index in [9.17, 15) is 9.59 Å². The van der Waals surface area contributed by atoms with Crippen LogP contribution in [0.25, 0.3) is 11.0 Å². The first-order valence-corrected chi connectivity index (χ1v) is 9.35. The molecule has 0 saturated heterocycles. The summed E-state index contributed by atoms with van der Waals surface area (Å²) < 4.78 is 5.18. The fraction of sp³-hybridized carbons (Fsp3) is 0.217. The van der Waals surface area contributed by atoms with Crippen molar-refractivity contribution in [1.82, 2.24) is 9.97 Å². The number of hydrogen-bond donors (Lipinski definition) is 0. The fourth-order valence-corrected chi connectivity index (χ4v) is 3.72. The van der Waals surface area contributed by atoms with E-state index in [0.29, 0.717) is 11.0 Å². The van der Waals surface area contributed by atoms with Crippen LogP contribution < -0.4 is 4.90 Å². The number of aromatic nitrogens is 2. The molecule has 0 fully saturated rings. The van der Waals surface area contributed by atoms with Gasteiger partial charge in [-0.25, -0.2) is 9.78 Å². The molecule has 3 aromatic rings. The van der Waals surface area contributed by atoms with Crippen LogP contribution >= 0.6 is 0 Å². The number of benzene rings is 2. The third-order valence-corrected chi connectivity index (χ3v) is 5.24. The Morgan fingerprint density at radius 1 is 1.07 bits per heavy atom. The van der Waals surface area contributed by atoms with Gasteiger partial charge < -0.3 is 9.64 Å². The molecule has 0 spiro atoms. The molecule has 1 aromatic heterocycles. The Kier molecular flexibility index (Phi) is 4.62. The Morgan fingerprint density at radius 2 is 1.76 bits per heavy atom. The smallest absolute Gasteiger partial charge is 0.359 e. The van der Waals surface area contributed by atoms with E-state index in [0.717, 1.165) is 16.9 Å². The number of allylic oxidation sites excluding steroid dienone is 1. The third kappa shape index (κ3) is 3.38. The van der Waals surface area contributed by atoms with E-state index in [1.807, 2.05) is 48.3 Å². The molecule has 4 rings (SSSR count). The number of anilines is 1. The van der Waals surface area contributed by atoms with Gasteiger partial charge in [-0.3, -0.25) is 9.78 Å². The normalized spacial score (nSPS) is 16.1. The minimum absolute atomic E-state index is 0.0786. The summed E-state index contributed by atoms with van der Waals surface area (Å²) in [7, 11) is 1.93. The van der Waals surface area contributed by atoms with Crippen LogP contribution in [-0.2, 0) is 14.9 Å². The summed E-state index contributed by atoms with van der Waals surface area (Å²) >= 11 is 0. The van der Waals surface area contributed by atoms with Crippen LogP contribution in [-0.4, -0.2) is 35.4 Å². The number of ketones is 1. The molecule has 146 valence electrons. The van der Waals surface area contributed by atoms with Gasteiger partial charge in [0.05, 0.1) is 17.2 Å². The number of likely N-dealkylation sites (N-methyl/N-ethyl adjacent to an activating group) is 1. The Morgan fingerprint density at radius 3 is 2.52 bits per heavy atom. The highest BCUT2D eigenvalue weighted by atomic mass is 16.5. The minimum atomic E-state index is -0.669. The molecule has 0 saturated carbocycles. The molecule has 2 aromatic carbocycles. The lowest BCUT2D eigenvalue weighted by atomic mass is 9.83. The number of nitrogens with zero attached hydrogens (tertiary/aromatic N) is 3. The zero-order chi connectivity index (χ0) is 20.6. The van der Waals surface area contributed by atoms with E-state index in [1.54, 1.807) is 12.1 Å². The zero-order valence-corrected chi connectivity index (χ0v) is 16.5. The van der Waals surface area contributed by atoms with Crippen molar-refractivity contribution in [2.24, 2.45) is 0 Å². The number of esters is 1. The van der Waals surface area contributed by atoms with Gasteiger partial charge in [0, 0.05) is 29.9 Å². The van der Waals surface area contributed by atoms with E-state index in [-0.39, 0.29) is 23.5 Å². The lowest BCUT2D eigenvalue weighted by Crippen LogP contribution is -2.25. The summed E-state index contributed by atoms with van der Waals surface area (Å²) in [5, 5.41) is 0. The molecule has 6 nitrogen and oxygen atoms in total. The van der Waals surface area contributed by atoms with Crippen LogP contribution in [0.5, 0.6) is 0 Å². The maximum absolute atomic E-state index is 12.5. The summed E-state index contributed by atoms with van der Waals surface area (Å²) in [5.74, 6) is -0.952. The maximum atomic E-state index is 12.5. The van der Waals surface area contributed by atoms with Gasteiger partial charge in [0.2, 0.25) is 0 Å². The van der Waals surface area contributed by atoms with Gasteiger partial charge in [0.15, 0.2) is 18.1 Å². The van der Waals surface area contributed by atoms with Gasteiger partial charge in [0.1, 0.15) is 0 Å². The number of ether oxygens (including phenoxy) is 1. The van der Waals surface area contributed by atoms with Crippen molar-refractivity contribution in [2.45, 2.75) is 19.3 Å². The van der Waals surface area contributed by atoms with Crippen LogP contribution in [0.3, 0.4) is 0 Å². The molecule has 1 aliphatic heterocycles. The van der Waals surface area contributed by atoms with Gasteiger partial charge >= 0.3 is 5.97 Å². The Labute approximate surface area is 168 Å². The minimum Gasteiger partial charge on any atom is -0.453 e. The quantitative estimate of drug-likeness (QED) is 0.502. The summed E-state index contributed by atoms with van der Waals surface area (Å²) in [5.41, 5.74) is 4.15. The molecule has 2 heterocycles. The van der Waals surface area contributed by atoms with E-state index < -0.39 is 5.97 Å². The predicted octanol–water partition coefficient (Wildman–Crippen LogP) is 3.67. The predicted molar refractivity (Wildman–Crippen MR) is 111 cm³/mol. The molecule has 0 bridgehead atoms. The number of fused-ring (bicyclic) bond motifs is 2. The Bertz CT molecular complexity index is 1150. The molecule has 0 amide bonds. The van der Waals surface area contributed by atoms with Gasteiger partial charge in [-0.05, 0) is 23.8 Å². The van der Waals surface area contributed by atoms with Crippen molar-refractivity contribution < 1.29 is 14.3 Å². The second-order valence-electron chi connectivity index (χ2n) is 7.52. The third-order valence-electron chi connectivity index (χ3n) is 5.24. The van der Waals surface area contributed by atoms with Crippen molar-refractivity contribution in [2.75, 3.05) is 18.6 Å². The summed E-state index contributed by atoms with van der Waals surface area (Å²) in [6, 6.07) is 15.3. The van der Waals surface area contributed by atoms with E-state index in [1.165, 1.54) is 6.20 Å². The lowest BCUT2D eigenvalue weighted by Gasteiger charge is -2.23. The standard InChI is InChI=1S/C23H21N3O3/c1-23(2)16-8-4-7-11-20(16)26(3)21(23)12-15(27)14-29-22(28)19-13-24-17-9-5-6-10-18(17)25-19/h4-13H,14H2,1-3H3/b21-12-. The Hall–Kier alpha value is -3.54. The van der Waals surface area contributed by atoms with Crippen molar-refractivity contribution >= 4 is 28.5 Å². The first-order chi connectivity index (χ1) is 13.9. The van der Waals surface area contributed by atoms with Crippen LogP contribution in [0.1, 0.15) is 29.9 Å². The summed E-state index contributed by atoms with van der Waals surface area (Å²) in [4.78, 5) is 35.3. The largest absolute Gasteiger partial charge is 0.453 e. The highest BCUT2D eigenvalue weighted by molar-refractivity contribution is 5.96. The van der Waals surface area contributed by atoms with Crippen molar-refractivity contribution in [3.8, 4) is 0 Å². The number of carbonyl (C=O) groups is 2. The Balaban J connectivity index is 1.48. The van der Waals surface area contributed by atoms with Gasteiger partial charge in [-0.2, -0.15) is 0 Å². The maximum Gasteiger partial charge on any atom is 0.359 e. The van der Waals surface area contributed by atoms with Crippen LogP contribution in [0.4, 0.5) is 5.69 Å². The molecule has 0 radical (unpaired) electrons. The highest BCUT2D eigenvalue weighted by Crippen LogP contribution is 2.46.